The van der Waals surface area contributed by atoms with Gasteiger partial charge in [-0.05, 0) is 12.1 Å². The molecule has 0 radical (unpaired) electrons. The lowest BCUT2D eigenvalue weighted by molar-refractivity contribution is -0.116. The van der Waals surface area contributed by atoms with Gasteiger partial charge in [-0.1, -0.05) is 36.0 Å². The largest absolute Gasteiger partial charge is 0.383 e. The number of ether oxygens (including phenoxy) is 1. The summed E-state index contributed by atoms with van der Waals surface area (Å²) in [7, 11) is 1.65. The molecule has 6 nitrogen and oxygen atoms in total. The van der Waals surface area contributed by atoms with Crippen molar-refractivity contribution in [3.63, 3.8) is 0 Å². The van der Waals surface area contributed by atoms with Crippen molar-refractivity contribution in [1.29, 1.82) is 0 Å². The lowest BCUT2D eigenvalue weighted by Gasteiger charge is -2.21. The molecule has 0 bridgehead atoms. The fourth-order valence-corrected chi connectivity index (χ4v) is 2.81. The van der Waals surface area contributed by atoms with E-state index in [-0.39, 0.29) is 11.7 Å². The first kappa shape index (κ1) is 17.2. The molecule has 7 heteroatoms. The van der Waals surface area contributed by atoms with Gasteiger partial charge in [0.25, 0.3) is 0 Å². The summed E-state index contributed by atoms with van der Waals surface area (Å²) < 4.78 is 6.93. The third-order valence-corrected chi connectivity index (χ3v) is 4.09. The Hall–Kier alpha value is -2.12. The summed E-state index contributed by atoms with van der Waals surface area (Å²) in [5, 5.41) is 8.65. The lowest BCUT2D eigenvalue weighted by Crippen LogP contribution is -2.32. The van der Waals surface area contributed by atoms with Crippen molar-refractivity contribution in [2.75, 3.05) is 30.9 Å². The van der Waals surface area contributed by atoms with Gasteiger partial charge in [0.15, 0.2) is 5.16 Å². The predicted octanol–water partition coefficient (Wildman–Crippen LogP) is 2.24. The van der Waals surface area contributed by atoms with Gasteiger partial charge in [-0.25, -0.2) is 0 Å². The van der Waals surface area contributed by atoms with E-state index in [9.17, 15) is 4.79 Å². The number of hydrogen-bond donors (Lipinski definition) is 0. The first-order valence-corrected chi connectivity index (χ1v) is 8.20. The van der Waals surface area contributed by atoms with Crippen LogP contribution in [0.3, 0.4) is 0 Å². The van der Waals surface area contributed by atoms with Gasteiger partial charge in [0.1, 0.15) is 6.33 Å². The Balaban J connectivity index is 1.99. The van der Waals surface area contributed by atoms with E-state index in [1.165, 1.54) is 11.8 Å². The first-order valence-electron chi connectivity index (χ1n) is 7.22. The summed E-state index contributed by atoms with van der Waals surface area (Å²) in [6.45, 7) is 5.43. The summed E-state index contributed by atoms with van der Waals surface area (Å²) in [4.78, 5) is 14.2. The molecule has 0 saturated carbocycles. The van der Waals surface area contributed by atoms with Crippen LogP contribution in [0.2, 0.25) is 0 Å². The Morgan fingerprint density at radius 2 is 2.22 bits per heavy atom. The second-order valence-electron chi connectivity index (χ2n) is 4.72. The molecule has 0 N–H and O–H groups in total. The van der Waals surface area contributed by atoms with Crippen molar-refractivity contribution < 1.29 is 9.53 Å². The number of benzene rings is 1. The normalized spacial score (nSPS) is 10.5. The van der Waals surface area contributed by atoms with Gasteiger partial charge in [0.2, 0.25) is 5.91 Å². The summed E-state index contributed by atoms with van der Waals surface area (Å²) in [6, 6.07) is 9.56. The molecule has 2 rings (SSSR count). The second-order valence-corrected chi connectivity index (χ2v) is 5.66. The maximum absolute atomic E-state index is 12.5. The number of methoxy groups -OCH3 is 1. The Morgan fingerprint density at radius 3 is 2.91 bits per heavy atom. The zero-order valence-electron chi connectivity index (χ0n) is 13.1. The van der Waals surface area contributed by atoms with Crippen LogP contribution in [0.25, 0.3) is 0 Å². The van der Waals surface area contributed by atoms with E-state index in [1.807, 2.05) is 34.9 Å². The third-order valence-electron chi connectivity index (χ3n) is 3.12. The first-order chi connectivity index (χ1) is 11.3. The van der Waals surface area contributed by atoms with E-state index in [0.29, 0.717) is 24.9 Å². The predicted molar refractivity (Wildman–Crippen MR) is 91.6 cm³/mol. The van der Waals surface area contributed by atoms with Crippen LogP contribution in [-0.4, -0.2) is 46.7 Å². The molecule has 1 amide bonds. The number of carbonyl (C=O) groups is 1. The zero-order chi connectivity index (χ0) is 16.5. The van der Waals surface area contributed by atoms with Gasteiger partial charge < -0.3 is 14.2 Å². The molecule has 2 aromatic rings. The average Bonchev–Trinajstić information content (AvgIpc) is 3.04. The molecule has 1 aromatic heterocycles. The fourth-order valence-electron chi connectivity index (χ4n) is 1.99. The molecule has 0 unspecified atom stereocenters. The molecular formula is C16H20N4O2S. The van der Waals surface area contributed by atoms with Crippen LogP contribution < -0.4 is 4.90 Å². The number of thioether (sulfide) groups is 1. The topological polar surface area (TPSA) is 60.2 Å². The van der Waals surface area contributed by atoms with E-state index >= 15 is 0 Å². The monoisotopic (exact) mass is 332 g/mol. The minimum Gasteiger partial charge on any atom is -0.383 e. The third kappa shape index (κ3) is 4.94. The number of anilines is 1. The molecule has 122 valence electrons. The quantitative estimate of drug-likeness (QED) is 0.520. The maximum atomic E-state index is 12.5. The molecule has 0 aliphatic heterocycles. The van der Waals surface area contributed by atoms with Gasteiger partial charge in [0.05, 0.1) is 12.4 Å². The van der Waals surface area contributed by atoms with Crippen molar-refractivity contribution in [2.45, 2.75) is 11.7 Å². The van der Waals surface area contributed by atoms with Gasteiger partial charge >= 0.3 is 0 Å². The van der Waals surface area contributed by atoms with Crippen LogP contribution >= 0.6 is 11.8 Å². The maximum Gasteiger partial charge on any atom is 0.237 e. The highest BCUT2D eigenvalue weighted by atomic mass is 32.2. The fraction of sp³-hybridized carbons (Fsp3) is 0.312. The standard InChI is InChI=1S/C16H20N4O2S/c1-3-9-20(14-7-5-4-6-8-14)15(21)12-23-16-18-17-13-19(16)10-11-22-2/h3-8,13H,1,9-12H2,2H3. The highest BCUT2D eigenvalue weighted by Gasteiger charge is 2.16. The van der Waals surface area contributed by atoms with Crippen LogP contribution in [0.15, 0.2) is 54.5 Å². The van der Waals surface area contributed by atoms with E-state index in [0.717, 1.165) is 5.69 Å². The molecule has 0 fully saturated rings. The van der Waals surface area contributed by atoms with Gasteiger partial charge in [-0.15, -0.1) is 16.8 Å². The lowest BCUT2D eigenvalue weighted by atomic mass is 10.3. The summed E-state index contributed by atoms with van der Waals surface area (Å²) in [5.74, 6) is 0.288. The highest BCUT2D eigenvalue weighted by Crippen LogP contribution is 2.19. The Bertz CT molecular complexity index is 630. The number of para-hydroxylation sites is 1. The Morgan fingerprint density at radius 1 is 1.43 bits per heavy atom. The van der Waals surface area contributed by atoms with E-state index in [1.54, 1.807) is 24.4 Å². The number of nitrogens with zero attached hydrogens (tertiary/aromatic N) is 4. The van der Waals surface area contributed by atoms with Gasteiger partial charge in [0, 0.05) is 25.9 Å². The molecule has 0 atom stereocenters. The molecule has 0 aliphatic rings. The molecule has 1 aromatic carbocycles. The van der Waals surface area contributed by atoms with Crippen molar-refractivity contribution in [3.8, 4) is 0 Å². The number of amides is 1. The summed E-state index contributed by atoms with van der Waals surface area (Å²) in [5.41, 5.74) is 0.860. The molecule has 1 heterocycles. The van der Waals surface area contributed by atoms with Crippen LogP contribution in [-0.2, 0) is 16.1 Å². The van der Waals surface area contributed by atoms with Gasteiger partial charge in [-0.3, -0.25) is 4.79 Å². The summed E-state index contributed by atoms with van der Waals surface area (Å²) >= 11 is 1.37. The van der Waals surface area contributed by atoms with Crippen LogP contribution in [0.4, 0.5) is 5.69 Å². The van der Waals surface area contributed by atoms with Gasteiger partial charge in [-0.2, -0.15) is 0 Å². The van der Waals surface area contributed by atoms with Crippen molar-refractivity contribution in [3.05, 3.63) is 49.3 Å². The minimum absolute atomic E-state index is 0.00221. The van der Waals surface area contributed by atoms with Crippen molar-refractivity contribution in [1.82, 2.24) is 14.8 Å². The zero-order valence-corrected chi connectivity index (χ0v) is 13.9. The number of hydrogen-bond acceptors (Lipinski definition) is 5. The SMILES string of the molecule is C=CCN(C(=O)CSc1nncn1CCOC)c1ccccc1. The van der Waals surface area contributed by atoms with Crippen molar-refractivity contribution >= 4 is 23.4 Å². The van der Waals surface area contributed by atoms with Crippen LogP contribution in [0, 0.1) is 0 Å². The average molecular weight is 332 g/mol. The second kappa shape index (κ2) is 9.12. The number of rotatable bonds is 9. The highest BCUT2D eigenvalue weighted by molar-refractivity contribution is 7.99. The molecule has 0 spiro atoms. The Kier molecular flexibility index (Phi) is 6.83. The smallest absolute Gasteiger partial charge is 0.237 e. The molecular weight excluding hydrogens is 312 g/mol. The minimum atomic E-state index is 0.00221. The van der Waals surface area contributed by atoms with E-state index in [2.05, 4.69) is 16.8 Å². The van der Waals surface area contributed by atoms with E-state index in [4.69, 9.17) is 4.74 Å². The van der Waals surface area contributed by atoms with E-state index < -0.39 is 0 Å². The molecule has 23 heavy (non-hydrogen) atoms. The Labute approximate surface area is 140 Å². The molecule has 0 saturated heterocycles. The summed E-state index contributed by atoms with van der Waals surface area (Å²) in [6.07, 6.45) is 3.36. The van der Waals surface area contributed by atoms with Crippen LogP contribution in [0.5, 0.6) is 0 Å². The van der Waals surface area contributed by atoms with Crippen molar-refractivity contribution in [2.24, 2.45) is 0 Å². The number of carbonyl (C=O) groups excluding carboxylic acids is 1. The number of aromatic nitrogens is 3. The van der Waals surface area contributed by atoms with Crippen LogP contribution in [0.1, 0.15) is 0 Å². The molecule has 0 aliphatic carbocycles.